The number of ether oxygens (including phenoxy) is 1. The van der Waals surface area contributed by atoms with Gasteiger partial charge in [-0.05, 0) is 62.6 Å². The zero-order valence-corrected chi connectivity index (χ0v) is 14.8. The highest BCUT2D eigenvalue weighted by Gasteiger charge is 2.37. The molecule has 1 unspecified atom stereocenters. The lowest BCUT2D eigenvalue weighted by atomic mass is 9.91. The Kier molecular flexibility index (Phi) is 5.27. The van der Waals surface area contributed by atoms with Gasteiger partial charge >= 0.3 is 0 Å². The van der Waals surface area contributed by atoms with Crippen LogP contribution in [0.3, 0.4) is 0 Å². The third-order valence-corrected chi connectivity index (χ3v) is 5.80. The first-order chi connectivity index (χ1) is 11.1. The highest BCUT2D eigenvalue weighted by Crippen LogP contribution is 2.32. The van der Waals surface area contributed by atoms with Crippen molar-refractivity contribution in [2.75, 3.05) is 13.7 Å². The first-order valence-corrected chi connectivity index (χ1v) is 9.04. The molecule has 1 saturated heterocycles. The molecule has 2 aliphatic rings. The molecule has 1 atom stereocenters. The number of methoxy groups -OCH3 is 1. The third-order valence-electron chi connectivity index (χ3n) is 5.44. The van der Waals surface area contributed by atoms with Crippen molar-refractivity contribution in [1.29, 1.82) is 0 Å². The molecule has 23 heavy (non-hydrogen) atoms. The molecular formula is C19H26ClNO2. The van der Waals surface area contributed by atoms with Gasteiger partial charge in [-0.15, -0.1) is 0 Å². The maximum Gasteiger partial charge on any atom is 0.226 e. The van der Waals surface area contributed by atoms with Gasteiger partial charge in [-0.2, -0.15) is 0 Å². The number of hydrogen-bond donors (Lipinski definition) is 0. The molecule has 1 aromatic rings. The number of amides is 1. The standard InChI is InChI=1S/C19H26ClNO2/c1-13-3-4-14(18(20)11-13)12-15-9-10-21(19(15)22)16-5-7-17(23-2)8-6-16/h3-4,11,15-17H,5-10,12H2,1-2H3. The molecule has 2 fully saturated rings. The van der Waals surface area contributed by atoms with E-state index < -0.39 is 0 Å². The number of benzene rings is 1. The summed E-state index contributed by atoms with van der Waals surface area (Å²) in [4.78, 5) is 14.9. The molecule has 0 spiro atoms. The smallest absolute Gasteiger partial charge is 0.226 e. The van der Waals surface area contributed by atoms with Crippen molar-refractivity contribution in [2.45, 2.75) is 57.6 Å². The molecular weight excluding hydrogens is 310 g/mol. The molecule has 1 heterocycles. The van der Waals surface area contributed by atoms with Gasteiger partial charge in [-0.3, -0.25) is 4.79 Å². The maximum atomic E-state index is 12.8. The number of rotatable bonds is 4. The van der Waals surface area contributed by atoms with Crippen LogP contribution < -0.4 is 0 Å². The molecule has 126 valence electrons. The summed E-state index contributed by atoms with van der Waals surface area (Å²) in [5.41, 5.74) is 2.26. The average Bonchev–Trinajstić information content (AvgIpc) is 2.91. The lowest BCUT2D eigenvalue weighted by Gasteiger charge is -2.34. The highest BCUT2D eigenvalue weighted by molar-refractivity contribution is 6.31. The summed E-state index contributed by atoms with van der Waals surface area (Å²) < 4.78 is 5.43. The van der Waals surface area contributed by atoms with Crippen LogP contribution >= 0.6 is 11.6 Å². The van der Waals surface area contributed by atoms with Crippen molar-refractivity contribution >= 4 is 17.5 Å². The lowest BCUT2D eigenvalue weighted by Crippen LogP contribution is -2.41. The molecule has 3 rings (SSSR count). The van der Waals surface area contributed by atoms with Crippen molar-refractivity contribution in [3.63, 3.8) is 0 Å². The summed E-state index contributed by atoms with van der Waals surface area (Å²) >= 11 is 6.33. The molecule has 0 radical (unpaired) electrons. The van der Waals surface area contributed by atoms with Gasteiger partial charge in [0.2, 0.25) is 5.91 Å². The first kappa shape index (κ1) is 16.8. The van der Waals surface area contributed by atoms with Crippen LogP contribution in [0.25, 0.3) is 0 Å². The van der Waals surface area contributed by atoms with Crippen LogP contribution in [-0.2, 0) is 16.0 Å². The SMILES string of the molecule is COC1CCC(N2CCC(Cc3ccc(C)cc3Cl)C2=O)CC1. The van der Waals surface area contributed by atoms with Crippen LogP contribution in [0.2, 0.25) is 5.02 Å². The predicted molar refractivity (Wildman–Crippen MR) is 92.8 cm³/mol. The van der Waals surface area contributed by atoms with Gasteiger partial charge in [-0.1, -0.05) is 23.7 Å². The Morgan fingerprint density at radius 1 is 1.22 bits per heavy atom. The Morgan fingerprint density at radius 3 is 2.61 bits per heavy atom. The van der Waals surface area contributed by atoms with Gasteiger partial charge in [-0.25, -0.2) is 0 Å². The summed E-state index contributed by atoms with van der Waals surface area (Å²) in [6, 6.07) is 6.54. The monoisotopic (exact) mass is 335 g/mol. The Balaban J connectivity index is 1.60. The summed E-state index contributed by atoms with van der Waals surface area (Å²) in [5.74, 6) is 0.415. The highest BCUT2D eigenvalue weighted by atomic mass is 35.5. The minimum absolute atomic E-state index is 0.0929. The summed E-state index contributed by atoms with van der Waals surface area (Å²) in [7, 11) is 1.79. The minimum Gasteiger partial charge on any atom is -0.381 e. The number of likely N-dealkylation sites (tertiary alicyclic amines) is 1. The Labute approximate surface area is 144 Å². The summed E-state index contributed by atoms with van der Waals surface area (Å²) in [6.07, 6.45) is 6.38. The number of carbonyl (C=O) groups is 1. The Morgan fingerprint density at radius 2 is 1.96 bits per heavy atom. The average molecular weight is 336 g/mol. The number of carbonyl (C=O) groups excluding carboxylic acids is 1. The fourth-order valence-corrected chi connectivity index (χ4v) is 4.30. The maximum absolute atomic E-state index is 12.8. The topological polar surface area (TPSA) is 29.5 Å². The van der Waals surface area contributed by atoms with Crippen molar-refractivity contribution in [3.8, 4) is 0 Å². The van der Waals surface area contributed by atoms with E-state index in [2.05, 4.69) is 17.0 Å². The summed E-state index contributed by atoms with van der Waals surface area (Å²) in [5, 5.41) is 0.789. The summed E-state index contributed by atoms with van der Waals surface area (Å²) in [6.45, 7) is 2.93. The van der Waals surface area contributed by atoms with Crippen molar-refractivity contribution in [1.82, 2.24) is 4.90 Å². The second-order valence-electron chi connectivity index (χ2n) is 6.98. The number of halogens is 1. The molecule has 0 N–H and O–H groups in total. The van der Waals surface area contributed by atoms with E-state index in [1.165, 1.54) is 0 Å². The first-order valence-electron chi connectivity index (χ1n) is 8.66. The van der Waals surface area contributed by atoms with E-state index >= 15 is 0 Å². The van der Waals surface area contributed by atoms with E-state index in [0.717, 1.165) is 61.2 Å². The van der Waals surface area contributed by atoms with Crippen LogP contribution in [0.5, 0.6) is 0 Å². The second kappa shape index (κ2) is 7.23. The quantitative estimate of drug-likeness (QED) is 0.832. The molecule has 3 nitrogen and oxygen atoms in total. The minimum atomic E-state index is 0.0929. The van der Waals surface area contributed by atoms with Gasteiger partial charge < -0.3 is 9.64 Å². The number of nitrogens with zero attached hydrogens (tertiary/aromatic N) is 1. The van der Waals surface area contributed by atoms with E-state index in [1.54, 1.807) is 7.11 Å². The molecule has 4 heteroatoms. The van der Waals surface area contributed by atoms with E-state index in [4.69, 9.17) is 16.3 Å². The number of hydrogen-bond acceptors (Lipinski definition) is 2. The van der Waals surface area contributed by atoms with Gasteiger partial charge in [0, 0.05) is 30.6 Å². The molecule has 1 aliphatic carbocycles. The predicted octanol–water partition coefficient (Wildman–Crippen LogP) is 4.00. The zero-order chi connectivity index (χ0) is 16.4. The van der Waals surface area contributed by atoms with Gasteiger partial charge in [0.1, 0.15) is 0 Å². The van der Waals surface area contributed by atoms with Crippen molar-refractivity contribution < 1.29 is 9.53 Å². The fraction of sp³-hybridized carbons (Fsp3) is 0.632. The van der Waals surface area contributed by atoms with Crippen LogP contribution in [0, 0.1) is 12.8 Å². The van der Waals surface area contributed by atoms with E-state index in [9.17, 15) is 4.79 Å². The lowest BCUT2D eigenvalue weighted by molar-refractivity contribution is -0.134. The molecule has 1 amide bonds. The molecule has 0 bridgehead atoms. The van der Waals surface area contributed by atoms with E-state index in [1.807, 2.05) is 13.0 Å². The molecule has 0 aromatic heterocycles. The molecule has 1 aromatic carbocycles. The normalized spacial score (nSPS) is 28.4. The second-order valence-corrected chi connectivity index (χ2v) is 7.39. The van der Waals surface area contributed by atoms with Gasteiger partial charge in [0.15, 0.2) is 0 Å². The third kappa shape index (κ3) is 3.72. The van der Waals surface area contributed by atoms with Crippen molar-refractivity contribution in [2.24, 2.45) is 5.92 Å². The van der Waals surface area contributed by atoms with Gasteiger partial charge in [0.25, 0.3) is 0 Å². The zero-order valence-electron chi connectivity index (χ0n) is 14.1. The molecule has 1 aliphatic heterocycles. The largest absolute Gasteiger partial charge is 0.381 e. The fourth-order valence-electron chi connectivity index (χ4n) is 3.99. The van der Waals surface area contributed by atoms with Crippen LogP contribution in [0.1, 0.15) is 43.2 Å². The Hall–Kier alpha value is -1.06. The Bertz CT molecular complexity index is 566. The van der Waals surface area contributed by atoms with Crippen molar-refractivity contribution in [3.05, 3.63) is 34.3 Å². The van der Waals surface area contributed by atoms with Crippen LogP contribution in [-0.4, -0.2) is 36.6 Å². The molecule has 1 saturated carbocycles. The van der Waals surface area contributed by atoms with Gasteiger partial charge in [0.05, 0.1) is 6.10 Å². The van der Waals surface area contributed by atoms with E-state index in [-0.39, 0.29) is 5.92 Å². The van der Waals surface area contributed by atoms with Crippen LogP contribution in [0.4, 0.5) is 0 Å². The number of aryl methyl sites for hydroxylation is 1. The van der Waals surface area contributed by atoms with Crippen LogP contribution in [0.15, 0.2) is 18.2 Å². The van der Waals surface area contributed by atoms with E-state index in [0.29, 0.717) is 18.1 Å².